The summed E-state index contributed by atoms with van der Waals surface area (Å²) < 4.78 is 15.4. The molecule has 1 saturated heterocycles. The van der Waals surface area contributed by atoms with Gasteiger partial charge in [-0.2, -0.15) is 0 Å². The summed E-state index contributed by atoms with van der Waals surface area (Å²) in [4.78, 5) is 53.1. The number of phenolic OH excluding ortho intramolecular Hbond substituents is 1. The predicted molar refractivity (Wildman–Crippen MR) is 119 cm³/mol. The second kappa shape index (κ2) is 7.80. The molecule has 3 aliphatic rings. The summed E-state index contributed by atoms with van der Waals surface area (Å²) in [5.74, 6) is -4.15. The molecule has 3 aliphatic heterocycles. The molecule has 2 aromatic carbocycles. The molecule has 0 unspecified atom stereocenters. The lowest BCUT2D eigenvalue weighted by atomic mass is 9.77. The largest absolute Gasteiger partial charge is 0.508 e. The number of hydrogen-bond donors (Lipinski definition) is 2. The number of amides is 2. The van der Waals surface area contributed by atoms with E-state index in [1.165, 1.54) is 44.6 Å². The Balaban J connectivity index is 1.65. The van der Waals surface area contributed by atoms with E-state index in [1.807, 2.05) is 0 Å². The molecule has 5 rings (SSSR count). The molecule has 2 amide bonds. The minimum atomic E-state index is -0.970. The van der Waals surface area contributed by atoms with Crippen LogP contribution in [0.1, 0.15) is 21.8 Å². The van der Waals surface area contributed by atoms with Crippen LogP contribution in [0.4, 0.5) is 5.69 Å². The SMILES string of the molecule is COC(=O)c1ccc(OC)c(N2C(=O)[C@@H]3[C@@H](SC(N)=C4C(=O)Oc5cc(O)ccc5[C@H]43)C2=O)c1. The molecule has 0 aromatic heterocycles. The number of rotatable bonds is 3. The lowest BCUT2D eigenvalue weighted by Gasteiger charge is -2.36. The standard InChI is InChI=1S/C23H18N2O8S/c1-31-13-6-3-9(22(29)32-2)7-12(13)25-20(27)16-15-11-5-4-10(26)8-14(11)33-23(30)17(15)19(24)34-18(16)21(25)28/h3-8,15-16,18,26H,24H2,1-2H3/t15-,16-,18+/m0/s1. The predicted octanol–water partition coefficient (Wildman–Crippen LogP) is 1.67. The van der Waals surface area contributed by atoms with Crippen LogP contribution in [-0.2, 0) is 19.1 Å². The third-order valence-electron chi connectivity index (χ3n) is 6.08. The molecule has 0 saturated carbocycles. The number of nitrogens with zero attached hydrogens (tertiary/aromatic N) is 1. The lowest BCUT2D eigenvalue weighted by Crippen LogP contribution is -2.39. The number of methoxy groups -OCH3 is 2. The van der Waals surface area contributed by atoms with Crippen molar-refractivity contribution < 1.29 is 38.5 Å². The summed E-state index contributed by atoms with van der Waals surface area (Å²) >= 11 is 0.926. The fourth-order valence-electron chi connectivity index (χ4n) is 4.59. The number of carbonyl (C=O) groups excluding carboxylic acids is 4. The molecule has 10 nitrogen and oxygen atoms in total. The van der Waals surface area contributed by atoms with E-state index in [2.05, 4.69) is 0 Å². The van der Waals surface area contributed by atoms with Gasteiger partial charge in [-0.05, 0) is 24.3 Å². The third-order valence-corrected chi connectivity index (χ3v) is 7.30. The van der Waals surface area contributed by atoms with Gasteiger partial charge in [-0.25, -0.2) is 14.5 Å². The second-order valence-corrected chi connectivity index (χ2v) is 9.00. The molecule has 1 fully saturated rings. The highest BCUT2D eigenvalue weighted by atomic mass is 32.2. The van der Waals surface area contributed by atoms with Crippen LogP contribution in [0.15, 0.2) is 47.0 Å². The van der Waals surface area contributed by atoms with Crippen LogP contribution in [0, 0.1) is 5.92 Å². The number of benzene rings is 2. The number of anilines is 1. The Morgan fingerprint density at radius 2 is 1.88 bits per heavy atom. The van der Waals surface area contributed by atoms with Crippen LogP contribution in [0.25, 0.3) is 0 Å². The highest BCUT2D eigenvalue weighted by Crippen LogP contribution is 2.55. The summed E-state index contributed by atoms with van der Waals surface area (Å²) in [6.07, 6.45) is 0. The molecule has 0 spiro atoms. The average molecular weight is 482 g/mol. The topological polar surface area (TPSA) is 145 Å². The molecule has 0 bridgehead atoms. The van der Waals surface area contributed by atoms with Crippen molar-refractivity contribution in [2.75, 3.05) is 19.1 Å². The first-order valence-corrected chi connectivity index (χ1v) is 11.0. The Morgan fingerprint density at radius 1 is 1.12 bits per heavy atom. The summed E-state index contributed by atoms with van der Waals surface area (Å²) in [7, 11) is 2.60. The molecule has 2 aromatic rings. The fraction of sp³-hybridized carbons (Fsp3) is 0.217. The number of fused-ring (bicyclic) bond motifs is 5. The van der Waals surface area contributed by atoms with Gasteiger partial charge in [-0.1, -0.05) is 17.8 Å². The van der Waals surface area contributed by atoms with Crippen molar-refractivity contribution in [2.24, 2.45) is 11.7 Å². The van der Waals surface area contributed by atoms with E-state index < -0.39 is 40.8 Å². The number of aromatic hydroxyl groups is 1. The van der Waals surface area contributed by atoms with Crippen molar-refractivity contribution in [2.45, 2.75) is 11.2 Å². The van der Waals surface area contributed by atoms with Crippen LogP contribution in [0.2, 0.25) is 0 Å². The monoisotopic (exact) mass is 482 g/mol. The van der Waals surface area contributed by atoms with Crippen molar-refractivity contribution in [1.29, 1.82) is 0 Å². The van der Waals surface area contributed by atoms with E-state index in [0.29, 0.717) is 5.56 Å². The van der Waals surface area contributed by atoms with Gasteiger partial charge in [-0.15, -0.1) is 0 Å². The third kappa shape index (κ3) is 3.04. The zero-order chi connectivity index (χ0) is 24.3. The van der Waals surface area contributed by atoms with Gasteiger partial charge >= 0.3 is 11.9 Å². The zero-order valence-electron chi connectivity index (χ0n) is 17.9. The number of esters is 2. The van der Waals surface area contributed by atoms with Gasteiger partial charge in [-0.3, -0.25) is 9.59 Å². The number of hydrogen-bond acceptors (Lipinski definition) is 10. The van der Waals surface area contributed by atoms with Crippen LogP contribution in [0.3, 0.4) is 0 Å². The highest BCUT2D eigenvalue weighted by Gasteiger charge is 2.59. The maximum atomic E-state index is 13.8. The Kier molecular flexibility index (Phi) is 5.01. The van der Waals surface area contributed by atoms with E-state index in [1.54, 1.807) is 6.07 Å². The van der Waals surface area contributed by atoms with Gasteiger partial charge in [0.2, 0.25) is 11.8 Å². The smallest absolute Gasteiger partial charge is 0.342 e. The molecular formula is C23H18N2O8S. The second-order valence-electron chi connectivity index (χ2n) is 7.82. The molecule has 3 atom stereocenters. The van der Waals surface area contributed by atoms with Gasteiger partial charge in [0, 0.05) is 17.5 Å². The normalized spacial score (nSPS) is 23.2. The number of thioether (sulfide) groups is 1. The Morgan fingerprint density at radius 3 is 2.59 bits per heavy atom. The van der Waals surface area contributed by atoms with E-state index >= 15 is 0 Å². The van der Waals surface area contributed by atoms with Crippen LogP contribution in [-0.4, -0.2) is 48.3 Å². The molecule has 0 radical (unpaired) electrons. The Labute approximate surface area is 197 Å². The van der Waals surface area contributed by atoms with Gasteiger partial charge < -0.3 is 25.1 Å². The molecular weight excluding hydrogens is 464 g/mol. The first kappa shape index (κ1) is 21.8. The van der Waals surface area contributed by atoms with E-state index in [4.69, 9.17) is 19.9 Å². The molecule has 174 valence electrons. The van der Waals surface area contributed by atoms with Crippen LogP contribution < -0.4 is 20.1 Å². The summed E-state index contributed by atoms with van der Waals surface area (Å²) in [5, 5.41) is 9.01. The zero-order valence-corrected chi connectivity index (χ0v) is 18.8. The number of carbonyl (C=O) groups is 4. The fourth-order valence-corrected chi connectivity index (χ4v) is 5.83. The molecule has 34 heavy (non-hydrogen) atoms. The maximum Gasteiger partial charge on any atom is 0.342 e. The summed E-state index contributed by atoms with van der Waals surface area (Å²) in [5.41, 5.74) is 6.95. The van der Waals surface area contributed by atoms with Crippen molar-refractivity contribution in [3.63, 3.8) is 0 Å². The van der Waals surface area contributed by atoms with Gasteiger partial charge in [0.05, 0.1) is 42.0 Å². The van der Waals surface area contributed by atoms with Gasteiger partial charge in [0.25, 0.3) is 0 Å². The maximum absolute atomic E-state index is 13.8. The lowest BCUT2D eigenvalue weighted by molar-refractivity contribution is -0.131. The van der Waals surface area contributed by atoms with E-state index in [-0.39, 0.29) is 39.1 Å². The number of ether oxygens (including phenoxy) is 3. The van der Waals surface area contributed by atoms with Crippen LogP contribution in [0.5, 0.6) is 17.2 Å². The molecule has 3 N–H and O–H groups in total. The number of phenols is 1. The Bertz CT molecular complexity index is 1320. The first-order chi connectivity index (χ1) is 16.3. The van der Waals surface area contributed by atoms with Crippen LogP contribution >= 0.6 is 11.8 Å². The number of nitrogens with two attached hydrogens (primary N) is 1. The minimum Gasteiger partial charge on any atom is -0.508 e. The molecule has 3 heterocycles. The van der Waals surface area contributed by atoms with Crippen molar-refractivity contribution in [3.05, 3.63) is 58.1 Å². The quantitative estimate of drug-likeness (QED) is 0.376. The first-order valence-electron chi connectivity index (χ1n) is 10.1. The van der Waals surface area contributed by atoms with E-state index in [0.717, 1.165) is 16.7 Å². The van der Waals surface area contributed by atoms with Crippen molar-refractivity contribution in [3.8, 4) is 17.2 Å². The van der Waals surface area contributed by atoms with Crippen molar-refractivity contribution >= 4 is 41.2 Å². The summed E-state index contributed by atoms with van der Waals surface area (Å²) in [6, 6.07) is 8.50. The highest BCUT2D eigenvalue weighted by molar-refractivity contribution is 8.04. The number of imide groups is 1. The van der Waals surface area contributed by atoms with Gasteiger partial charge in [0.1, 0.15) is 22.5 Å². The van der Waals surface area contributed by atoms with Crippen molar-refractivity contribution in [1.82, 2.24) is 0 Å². The molecule has 11 heteroatoms. The average Bonchev–Trinajstić information content (AvgIpc) is 3.06. The molecule has 0 aliphatic carbocycles. The van der Waals surface area contributed by atoms with Gasteiger partial charge in [0.15, 0.2) is 0 Å². The summed E-state index contributed by atoms with van der Waals surface area (Å²) in [6.45, 7) is 0. The Hall–Kier alpha value is -3.99. The minimum absolute atomic E-state index is 0.0832. The van der Waals surface area contributed by atoms with E-state index in [9.17, 15) is 24.3 Å².